The lowest BCUT2D eigenvalue weighted by atomic mass is 10.2. The van der Waals surface area contributed by atoms with E-state index in [4.69, 9.17) is 4.74 Å². The summed E-state index contributed by atoms with van der Waals surface area (Å²) < 4.78 is 5.15. The van der Waals surface area contributed by atoms with Crippen molar-refractivity contribution >= 4 is 6.09 Å². The first-order valence-electron chi connectivity index (χ1n) is 6.58. The second-order valence-corrected chi connectivity index (χ2v) is 5.16. The lowest BCUT2D eigenvalue weighted by Gasteiger charge is -2.20. The highest BCUT2D eigenvalue weighted by Crippen LogP contribution is 2.06. The van der Waals surface area contributed by atoms with Gasteiger partial charge in [0.2, 0.25) is 0 Å². The molecule has 4 nitrogen and oxygen atoms in total. The summed E-state index contributed by atoms with van der Waals surface area (Å²) in [5.74, 6) is 0. The van der Waals surface area contributed by atoms with Crippen molar-refractivity contribution in [1.82, 2.24) is 10.2 Å². The second-order valence-electron chi connectivity index (χ2n) is 5.16. The van der Waals surface area contributed by atoms with Crippen LogP contribution in [0, 0.1) is 0 Å². The summed E-state index contributed by atoms with van der Waals surface area (Å²) in [7, 11) is 0. The summed E-state index contributed by atoms with van der Waals surface area (Å²) >= 11 is 0. The molecule has 0 spiro atoms. The molecular weight excluding hydrogens is 216 g/mol. The highest BCUT2D eigenvalue weighted by molar-refractivity contribution is 5.67. The Morgan fingerprint density at radius 1 is 1.18 bits per heavy atom. The molecule has 0 heterocycles. The molecule has 102 valence electrons. The van der Waals surface area contributed by atoms with Crippen molar-refractivity contribution in [3.8, 4) is 0 Å². The fourth-order valence-corrected chi connectivity index (χ4v) is 1.50. The number of nitrogens with one attached hydrogen (secondary N) is 1. The lowest BCUT2D eigenvalue weighted by molar-refractivity contribution is 0.0526. The van der Waals surface area contributed by atoms with Gasteiger partial charge in [-0.15, -0.1) is 0 Å². The van der Waals surface area contributed by atoms with Gasteiger partial charge in [0.15, 0.2) is 0 Å². The molecule has 1 N–H and O–H groups in total. The first-order chi connectivity index (χ1) is 7.89. The molecule has 0 bridgehead atoms. The van der Waals surface area contributed by atoms with Crippen LogP contribution in [0.2, 0.25) is 0 Å². The molecular formula is C13H28N2O2. The monoisotopic (exact) mass is 244 g/mol. The zero-order chi connectivity index (χ0) is 13.3. The van der Waals surface area contributed by atoms with Gasteiger partial charge in [0, 0.05) is 6.54 Å². The molecule has 0 saturated heterocycles. The SMILES string of the molecule is CCN(CC)CCCCNC(=O)OC(C)(C)C. The van der Waals surface area contributed by atoms with Gasteiger partial charge in [-0.3, -0.25) is 0 Å². The number of nitrogens with zero attached hydrogens (tertiary/aromatic N) is 1. The highest BCUT2D eigenvalue weighted by atomic mass is 16.6. The van der Waals surface area contributed by atoms with Gasteiger partial charge in [-0.1, -0.05) is 13.8 Å². The average molecular weight is 244 g/mol. The standard InChI is InChI=1S/C13H28N2O2/c1-6-15(7-2)11-9-8-10-14-12(16)17-13(3,4)5/h6-11H2,1-5H3,(H,14,16). The minimum atomic E-state index is -0.411. The Labute approximate surface area is 106 Å². The van der Waals surface area contributed by atoms with Gasteiger partial charge in [-0.05, 0) is 53.2 Å². The Kier molecular flexibility index (Phi) is 7.96. The molecule has 0 aliphatic heterocycles. The average Bonchev–Trinajstić information content (AvgIpc) is 2.21. The quantitative estimate of drug-likeness (QED) is 0.700. The molecule has 0 radical (unpaired) electrons. The highest BCUT2D eigenvalue weighted by Gasteiger charge is 2.15. The molecule has 0 aliphatic carbocycles. The molecule has 4 heteroatoms. The first-order valence-corrected chi connectivity index (χ1v) is 6.58. The summed E-state index contributed by atoms with van der Waals surface area (Å²) in [5, 5.41) is 2.77. The van der Waals surface area contributed by atoms with Crippen molar-refractivity contribution in [3.63, 3.8) is 0 Å². The van der Waals surface area contributed by atoms with E-state index in [1.54, 1.807) is 0 Å². The van der Waals surface area contributed by atoms with Gasteiger partial charge in [0.25, 0.3) is 0 Å². The molecule has 0 aromatic rings. The van der Waals surface area contributed by atoms with Crippen LogP contribution in [-0.2, 0) is 4.74 Å². The molecule has 17 heavy (non-hydrogen) atoms. The fourth-order valence-electron chi connectivity index (χ4n) is 1.50. The van der Waals surface area contributed by atoms with Gasteiger partial charge >= 0.3 is 6.09 Å². The van der Waals surface area contributed by atoms with Gasteiger partial charge in [0.05, 0.1) is 0 Å². The van der Waals surface area contributed by atoms with Crippen molar-refractivity contribution < 1.29 is 9.53 Å². The minimum Gasteiger partial charge on any atom is -0.444 e. The molecule has 0 unspecified atom stereocenters. The van der Waals surface area contributed by atoms with Crippen LogP contribution in [0.3, 0.4) is 0 Å². The normalized spacial score (nSPS) is 11.6. The number of amides is 1. The number of rotatable bonds is 7. The Morgan fingerprint density at radius 3 is 2.24 bits per heavy atom. The number of alkyl carbamates (subject to hydrolysis) is 1. The minimum absolute atomic E-state index is 0.319. The van der Waals surface area contributed by atoms with Gasteiger partial charge in [-0.2, -0.15) is 0 Å². The summed E-state index contributed by atoms with van der Waals surface area (Å²) in [6.45, 7) is 13.9. The topological polar surface area (TPSA) is 41.6 Å². The van der Waals surface area contributed by atoms with Crippen LogP contribution in [0.5, 0.6) is 0 Å². The second kappa shape index (κ2) is 8.34. The van der Waals surface area contributed by atoms with Gasteiger partial charge in [0.1, 0.15) is 5.60 Å². The van der Waals surface area contributed by atoms with Crippen LogP contribution in [0.15, 0.2) is 0 Å². The van der Waals surface area contributed by atoms with Crippen LogP contribution < -0.4 is 5.32 Å². The Hall–Kier alpha value is -0.770. The third-order valence-corrected chi connectivity index (χ3v) is 2.46. The van der Waals surface area contributed by atoms with E-state index >= 15 is 0 Å². The van der Waals surface area contributed by atoms with Crippen LogP contribution in [0.25, 0.3) is 0 Å². The predicted molar refractivity (Wildman–Crippen MR) is 71.3 cm³/mol. The molecule has 0 aromatic carbocycles. The van der Waals surface area contributed by atoms with E-state index in [-0.39, 0.29) is 6.09 Å². The third kappa shape index (κ3) is 10.1. The fraction of sp³-hybridized carbons (Fsp3) is 0.923. The van der Waals surface area contributed by atoms with Crippen molar-refractivity contribution in [3.05, 3.63) is 0 Å². The van der Waals surface area contributed by atoms with Crippen molar-refractivity contribution in [2.24, 2.45) is 0 Å². The number of hydrogen-bond acceptors (Lipinski definition) is 3. The molecule has 0 atom stereocenters. The number of hydrogen-bond donors (Lipinski definition) is 1. The summed E-state index contributed by atoms with van der Waals surface area (Å²) in [5.41, 5.74) is -0.411. The molecule has 0 saturated carbocycles. The van der Waals surface area contributed by atoms with Crippen molar-refractivity contribution in [2.45, 2.75) is 53.1 Å². The lowest BCUT2D eigenvalue weighted by Crippen LogP contribution is -2.33. The zero-order valence-corrected chi connectivity index (χ0v) is 12.0. The van der Waals surface area contributed by atoms with E-state index in [2.05, 4.69) is 24.1 Å². The predicted octanol–water partition coefficient (Wildman–Crippen LogP) is 2.63. The zero-order valence-electron chi connectivity index (χ0n) is 12.0. The Balaban J connectivity index is 3.49. The maximum absolute atomic E-state index is 11.3. The van der Waals surface area contributed by atoms with E-state index < -0.39 is 5.60 Å². The van der Waals surface area contributed by atoms with Crippen molar-refractivity contribution in [1.29, 1.82) is 0 Å². The number of carbonyl (C=O) groups excluding carboxylic acids is 1. The number of carbonyl (C=O) groups is 1. The smallest absolute Gasteiger partial charge is 0.407 e. The van der Waals surface area contributed by atoms with Gasteiger partial charge < -0.3 is 15.0 Å². The maximum atomic E-state index is 11.3. The number of ether oxygens (including phenoxy) is 1. The van der Waals surface area contributed by atoms with Crippen LogP contribution in [-0.4, -0.2) is 42.8 Å². The molecule has 1 amide bonds. The first kappa shape index (κ1) is 16.2. The molecule has 0 aromatic heterocycles. The molecule has 0 fully saturated rings. The van der Waals surface area contributed by atoms with Crippen molar-refractivity contribution in [2.75, 3.05) is 26.2 Å². The van der Waals surface area contributed by atoms with Gasteiger partial charge in [-0.25, -0.2) is 4.79 Å². The summed E-state index contributed by atoms with van der Waals surface area (Å²) in [6.07, 6.45) is 1.79. The van der Waals surface area contributed by atoms with E-state index in [9.17, 15) is 4.79 Å². The largest absolute Gasteiger partial charge is 0.444 e. The van der Waals surface area contributed by atoms with E-state index in [1.165, 1.54) is 0 Å². The third-order valence-electron chi connectivity index (χ3n) is 2.46. The maximum Gasteiger partial charge on any atom is 0.407 e. The Bertz CT molecular complexity index is 208. The van der Waals surface area contributed by atoms with Crippen LogP contribution >= 0.6 is 0 Å². The van der Waals surface area contributed by atoms with E-state index in [0.29, 0.717) is 6.54 Å². The molecule has 0 aliphatic rings. The summed E-state index contributed by atoms with van der Waals surface area (Å²) in [6, 6.07) is 0. The van der Waals surface area contributed by atoms with Crippen LogP contribution in [0.4, 0.5) is 4.79 Å². The van der Waals surface area contributed by atoms with E-state index in [1.807, 2.05) is 20.8 Å². The van der Waals surface area contributed by atoms with E-state index in [0.717, 1.165) is 32.5 Å². The summed E-state index contributed by atoms with van der Waals surface area (Å²) in [4.78, 5) is 13.7. The number of unbranched alkanes of at least 4 members (excludes halogenated alkanes) is 1. The molecule has 0 rings (SSSR count). The Morgan fingerprint density at radius 2 is 1.76 bits per heavy atom. The van der Waals surface area contributed by atoms with Crippen LogP contribution in [0.1, 0.15) is 47.5 Å².